The molecule has 1 saturated carbocycles. The van der Waals surface area contributed by atoms with Crippen molar-refractivity contribution in [1.82, 2.24) is 15.3 Å². The average Bonchev–Trinajstić information content (AvgIpc) is 3.29. The van der Waals surface area contributed by atoms with Crippen molar-refractivity contribution in [2.24, 2.45) is 0 Å². The summed E-state index contributed by atoms with van der Waals surface area (Å²) < 4.78 is 5.43. The largest absolute Gasteiger partial charge is 0.497 e. The predicted molar refractivity (Wildman–Crippen MR) is 133 cm³/mol. The Morgan fingerprint density at radius 1 is 1.15 bits per heavy atom. The predicted octanol–water partition coefficient (Wildman–Crippen LogP) is 4.37. The van der Waals surface area contributed by atoms with Crippen molar-refractivity contribution in [3.63, 3.8) is 0 Å². The minimum absolute atomic E-state index is 0.0323. The zero-order chi connectivity index (χ0) is 24.1. The summed E-state index contributed by atoms with van der Waals surface area (Å²) >= 11 is 0. The molecule has 0 spiro atoms. The molecule has 0 saturated heterocycles. The highest BCUT2D eigenvalue weighted by Gasteiger charge is 2.28. The van der Waals surface area contributed by atoms with Crippen LogP contribution in [0.25, 0.3) is 22.0 Å². The molecule has 3 aromatic rings. The molecule has 2 N–H and O–H groups in total. The highest BCUT2D eigenvalue weighted by Crippen LogP contribution is 2.29. The van der Waals surface area contributed by atoms with Crippen molar-refractivity contribution >= 4 is 28.5 Å². The van der Waals surface area contributed by atoms with E-state index in [9.17, 15) is 9.59 Å². The summed E-state index contributed by atoms with van der Waals surface area (Å²) in [6.45, 7) is 1.99. The van der Waals surface area contributed by atoms with E-state index in [0.29, 0.717) is 23.7 Å². The topological polar surface area (TPSA) is 93.2 Å². The molecule has 1 aromatic heterocycles. The van der Waals surface area contributed by atoms with E-state index >= 15 is 0 Å². The quantitative estimate of drug-likeness (QED) is 0.386. The molecule has 0 unspecified atom stereocenters. The highest BCUT2D eigenvalue weighted by molar-refractivity contribution is 5.98. The standard InChI is InChI=1S/C27H28N4O3/c1-4-7-25(32)19-13-18(14-21(15-19)34-3)17-10-11-22-20(12-17)16-28-27(30-22)31-24-9-6-8-23(24)29-26(33)5-2/h2,10-16,23-24H,4,6-9H2,1,3H3,(H,29,33)(H,28,30,31)/t23-,24+/m0/s1. The number of carbonyl (C=O) groups excluding carboxylic acids is 2. The Morgan fingerprint density at radius 2 is 1.97 bits per heavy atom. The number of nitrogens with zero attached hydrogens (tertiary/aromatic N) is 2. The van der Waals surface area contributed by atoms with Gasteiger partial charge in [-0.2, -0.15) is 0 Å². The van der Waals surface area contributed by atoms with Crippen LogP contribution in [0.2, 0.25) is 0 Å². The molecule has 1 aliphatic carbocycles. The van der Waals surface area contributed by atoms with Gasteiger partial charge in [0.05, 0.1) is 12.6 Å². The third-order valence-corrected chi connectivity index (χ3v) is 6.13. The number of anilines is 1. The van der Waals surface area contributed by atoms with Crippen LogP contribution < -0.4 is 15.4 Å². The maximum Gasteiger partial charge on any atom is 0.295 e. The second-order valence-electron chi connectivity index (χ2n) is 8.50. The number of Topliss-reactive ketones (excluding diaryl/α,β-unsaturated/α-hetero) is 1. The summed E-state index contributed by atoms with van der Waals surface area (Å²) in [6.07, 6.45) is 11.0. The normalized spacial score (nSPS) is 17.2. The van der Waals surface area contributed by atoms with Crippen LogP contribution in [0.15, 0.2) is 42.6 Å². The lowest BCUT2D eigenvalue weighted by atomic mass is 9.98. The summed E-state index contributed by atoms with van der Waals surface area (Å²) in [7, 11) is 1.60. The Bertz CT molecular complexity index is 1260. The lowest BCUT2D eigenvalue weighted by Crippen LogP contribution is -2.43. The fourth-order valence-corrected chi connectivity index (χ4v) is 4.38. The average molecular weight is 457 g/mol. The molecular formula is C27H28N4O3. The van der Waals surface area contributed by atoms with E-state index in [1.807, 2.05) is 37.3 Å². The number of aromatic nitrogens is 2. The molecular weight excluding hydrogens is 428 g/mol. The van der Waals surface area contributed by atoms with Crippen molar-refractivity contribution in [1.29, 1.82) is 0 Å². The smallest absolute Gasteiger partial charge is 0.295 e. The fraction of sp³-hybridized carbons (Fsp3) is 0.333. The van der Waals surface area contributed by atoms with E-state index < -0.39 is 5.91 Å². The molecule has 4 rings (SSSR count). The van der Waals surface area contributed by atoms with Gasteiger partial charge in [-0.05, 0) is 73.1 Å². The minimum atomic E-state index is -0.400. The second kappa shape index (κ2) is 10.3. The van der Waals surface area contributed by atoms with E-state index in [1.165, 1.54) is 0 Å². The molecule has 0 radical (unpaired) electrons. The number of fused-ring (bicyclic) bond motifs is 1. The van der Waals surface area contributed by atoms with E-state index in [4.69, 9.17) is 11.2 Å². The van der Waals surface area contributed by atoms with E-state index in [-0.39, 0.29) is 17.9 Å². The number of amides is 1. The molecule has 174 valence electrons. The number of rotatable bonds is 8. The number of methoxy groups -OCH3 is 1. The molecule has 34 heavy (non-hydrogen) atoms. The molecule has 1 fully saturated rings. The first kappa shape index (κ1) is 23.2. The first-order valence-corrected chi connectivity index (χ1v) is 11.5. The van der Waals surface area contributed by atoms with Gasteiger partial charge in [-0.3, -0.25) is 9.59 Å². The Morgan fingerprint density at radius 3 is 2.74 bits per heavy atom. The van der Waals surface area contributed by atoms with Crippen molar-refractivity contribution in [2.75, 3.05) is 12.4 Å². The fourth-order valence-electron chi connectivity index (χ4n) is 4.38. The van der Waals surface area contributed by atoms with Gasteiger partial charge in [0, 0.05) is 35.7 Å². The van der Waals surface area contributed by atoms with E-state index in [2.05, 4.69) is 26.5 Å². The monoisotopic (exact) mass is 456 g/mol. The van der Waals surface area contributed by atoms with Crippen LogP contribution in [0.5, 0.6) is 5.75 Å². The minimum Gasteiger partial charge on any atom is -0.497 e. The maximum atomic E-state index is 12.5. The summed E-state index contributed by atoms with van der Waals surface area (Å²) in [6, 6.07) is 11.5. The van der Waals surface area contributed by atoms with Crippen LogP contribution in [0.4, 0.5) is 5.95 Å². The van der Waals surface area contributed by atoms with Gasteiger partial charge in [0.1, 0.15) is 5.75 Å². The number of hydrogen-bond acceptors (Lipinski definition) is 6. The zero-order valence-corrected chi connectivity index (χ0v) is 19.4. The van der Waals surface area contributed by atoms with Gasteiger partial charge in [0.2, 0.25) is 5.95 Å². The van der Waals surface area contributed by atoms with Gasteiger partial charge in [0.25, 0.3) is 5.91 Å². The van der Waals surface area contributed by atoms with Crippen molar-refractivity contribution < 1.29 is 14.3 Å². The van der Waals surface area contributed by atoms with Gasteiger partial charge in [-0.15, -0.1) is 6.42 Å². The summed E-state index contributed by atoms with van der Waals surface area (Å²) in [5.74, 6) is 2.97. The molecule has 2 aromatic carbocycles. The number of ketones is 1. The third kappa shape index (κ3) is 5.18. The summed E-state index contributed by atoms with van der Waals surface area (Å²) in [5, 5.41) is 7.10. The lowest BCUT2D eigenvalue weighted by molar-refractivity contribution is -0.116. The Labute approximate surface area is 199 Å². The van der Waals surface area contributed by atoms with Crippen LogP contribution in [-0.4, -0.2) is 40.9 Å². The van der Waals surface area contributed by atoms with Crippen LogP contribution in [-0.2, 0) is 4.79 Å². The molecule has 1 aliphatic rings. The number of ether oxygens (including phenoxy) is 1. The SMILES string of the molecule is C#CC(=O)N[C@H]1CCC[C@H]1Nc1ncc2cc(-c3cc(OC)cc(C(=O)CCC)c3)ccc2n1. The molecule has 1 amide bonds. The van der Waals surface area contributed by atoms with Gasteiger partial charge in [-0.25, -0.2) is 9.97 Å². The van der Waals surface area contributed by atoms with Crippen molar-refractivity contribution in [3.05, 3.63) is 48.2 Å². The van der Waals surface area contributed by atoms with Crippen LogP contribution >= 0.6 is 0 Å². The maximum absolute atomic E-state index is 12.5. The van der Waals surface area contributed by atoms with E-state index in [1.54, 1.807) is 19.4 Å². The first-order chi connectivity index (χ1) is 16.5. The molecule has 7 heteroatoms. The number of hydrogen-bond donors (Lipinski definition) is 2. The summed E-state index contributed by atoms with van der Waals surface area (Å²) in [4.78, 5) is 33.2. The molecule has 7 nitrogen and oxygen atoms in total. The zero-order valence-electron chi connectivity index (χ0n) is 19.4. The number of terminal acetylenes is 1. The number of carbonyl (C=O) groups is 2. The molecule has 1 heterocycles. The Kier molecular flexibility index (Phi) is 7.07. The summed E-state index contributed by atoms with van der Waals surface area (Å²) in [5.41, 5.74) is 3.30. The molecule has 0 bridgehead atoms. The molecule has 0 aliphatic heterocycles. The van der Waals surface area contributed by atoms with Gasteiger partial charge < -0.3 is 15.4 Å². The first-order valence-electron chi connectivity index (χ1n) is 11.5. The van der Waals surface area contributed by atoms with Gasteiger partial charge >= 0.3 is 0 Å². The second-order valence-corrected chi connectivity index (χ2v) is 8.50. The Balaban J connectivity index is 1.57. The van der Waals surface area contributed by atoms with Crippen LogP contribution in [0.3, 0.4) is 0 Å². The van der Waals surface area contributed by atoms with Gasteiger partial charge in [0.15, 0.2) is 5.78 Å². The van der Waals surface area contributed by atoms with Gasteiger partial charge in [-0.1, -0.05) is 13.0 Å². The van der Waals surface area contributed by atoms with Crippen molar-refractivity contribution in [2.45, 2.75) is 51.1 Å². The van der Waals surface area contributed by atoms with E-state index in [0.717, 1.165) is 47.7 Å². The van der Waals surface area contributed by atoms with Crippen LogP contribution in [0.1, 0.15) is 49.4 Å². The Hall–Kier alpha value is -3.92. The highest BCUT2D eigenvalue weighted by atomic mass is 16.5. The van der Waals surface area contributed by atoms with Crippen molar-refractivity contribution in [3.8, 4) is 29.2 Å². The van der Waals surface area contributed by atoms with Crippen LogP contribution in [0, 0.1) is 12.3 Å². The third-order valence-electron chi connectivity index (χ3n) is 6.13. The number of benzene rings is 2. The lowest BCUT2D eigenvalue weighted by Gasteiger charge is -2.21. The molecule has 2 atom stereocenters. The number of nitrogens with one attached hydrogen (secondary N) is 2.